The molecular weight excluding hydrogens is 408 g/mol. The fourth-order valence-corrected chi connectivity index (χ4v) is 3.43. The average Bonchev–Trinajstić information content (AvgIpc) is 3.02. The van der Waals surface area contributed by atoms with Crippen molar-refractivity contribution in [3.63, 3.8) is 0 Å². The van der Waals surface area contributed by atoms with Crippen LogP contribution in [0.2, 0.25) is 5.02 Å². The Hall–Kier alpha value is -1.69. The van der Waals surface area contributed by atoms with Crippen LogP contribution in [0.1, 0.15) is 12.0 Å². The van der Waals surface area contributed by atoms with E-state index < -0.39 is 0 Å². The van der Waals surface area contributed by atoms with Crippen molar-refractivity contribution >= 4 is 49.9 Å². The van der Waals surface area contributed by atoms with Gasteiger partial charge in [-0.2, -0.15) is 0 Å². The van der Waals surface area contributed by atoms with E-state index in [-0.39, 0.29) is 5.91 Å². The first-order valence-electron chi connectivity index (χ1n) is 7.36. The lowest BCUT2D eigenvalue weighted by atomic mass is 10.1. The summed E-state index contributed by atoms with van der Waals surface area (Å²) < 4.78 is 1.02. The number of carbonyl (C=O) groups is 1. The van der Waals surface area contributed by atoms with Crippen molar-refractivity contribution in [3.8, 4) is 11.3 Å². The lowest BCUT2D eigenvalue weighted by molar-refractivity contribution is -0.116. The van der Waals surface area contributed by atoms with Gasteiger partial charge in [-0.05, 0) is 36.2 Å². The quantitative estimate of drug-likeness (QED) is 0.566. The maximum Gasteiger partial charge on any atom is 0.226 e. The van der Waals surface area contributed by atoms with Gasteiger partial charge in [-0.15, -0.1) is 11.3 Å². The number of nitrogens with zero attached hydrogens (tertiary/aromatic N) is 1. The van der Waals surface area contributed by atoms with Gasteiger partial charge in [0, 0.05) is 26.9 Å². The van der Waals surface area contributed by atoms with Crippen LogP contribution in [0.15, 0.2) is 58.4 Å². The van der Waals surface area contributed by atoms with Gasteiger partial charge in [-0.3, -0.25) is 4.79 Å². The van der Waals surface area contributed by atoms with Crippen molar-refractivity contribution < 1.29 is 4.79 Å². The van der Waals surface area contributed by atoms with Gasteiger partial charge in [0.2, 0.25) is 5.91 Å². The minimum Gasteiger partial charge on any atom is -0.302 e. The predicted molar refractivity (Wildman–Crippen MR) is 104 cm³/mol. The number of rotatable bonds is 5. The Kier molecular flexibility index (Phi) is 5.66. The van der Waals surface area contributed by atoms with Gasteiger partial charge in [-0.25, -0.2) is 4.98 Å². The normalized spacial score (nSPS) is 10.6. The second kappa shape index (κ2) is 7.92. The SMILES string of the molecule is O=C(CCc1cccc(Cl)c1)Nc1nc(-c2ccc(Br)cc2)cs1. The molecule has 3 aromatic rings. The first-order chi connectivity index (χ1) is 11.6. The van der Waals surface area contributed by atoms with Gasteiger partial charge in [0.05, 0.1) is 5.69 Å². The van der Waals surface area contributed by atoms with E-state index in [1.54, 1.807) is 0 Å². The van der Waals surface area contributed by atoms with Crippen molar-refractivity contribution in [2.24, 2.45) is 0 Å². The molecule has 3 nitrogen and oxygen atoms in total. The Morgan fingerprint density at radius 2 is 2.00 bits per heavy atom. The van der Waals surface area contributed by atoms with E-state index in [4.69, 9.17) is 11.6 Å². The molecular formula is C18H14BrClN2OS. The smallest absolute Gasteiger partial charge is 0.226 e. The minimum atomic E-state index is -0.0494. The summed E-state index contributed by atoms with van der Waals surface area (Å²) in [6.45, 7) is 0. The maximum absolute atomic E-state index is 12.1. The molecule has 0 aliphatic heterocycles. The van der Waals surface area contributed by atoms with Crippen LogP contribution in [0.3, 0.4) is 0 Å². The van der Waals surface area contributed by atoms with E-state index in [2.05, 4.69) is 26.2 Å². The van der Waals surface area contributed by atoms with Crippen molar-refractivity contribution in [3.05, 3.63) is 69.0 Å². The van der Waals surface area contributed by atoms with Crippen LogP contribution in [0, 0.1) is 0 Å². The fraction of sp³-hybridized carbons (Fsp3) is 0.111. The van der Waals surface area contributed by atoms with Crippen molar-refractivity contribution in [1.82, 2.24) is 4.98 Å². The van der Waals surface area contributed by atoms with Gasteiger partial charge in [0.25, 0.3) is 0 Å². The summed E-state index contributed by atoms with van der Waals surface area (Å²) in [6.07, 6.45) is 1.05. The maximum atomic E-state index is 12.1. The summed E-state index contributed by atoms with van der Waals surface area (Å²) in [5.41, 5.74) is 2.93. The summed E-state index contributed by atoms with van der Waals surface area (Å²) in [5, 5.41) is 6.10. The molecule has 0 bridgehead atoms. The zero-order valence-corrected chi connectivity index (χ0v) is 15.8. The highest BCUT2D eigenvalue weighted by atomic mass is 79.9. The molecule has 0 fully saturated rings. The highest BCUT2D eigenvalue weighted by Gasteiger charge is 2.08. The first-order valence-corrected chi connectivity index (χ1v) is 9.41. The molecule has 1 N–H and O–H groups in total. The van der Waals surface area contributed by atoms with Gasteiger partial charge in [-0.1, -0.05) is 51.8 Å². The van der Waals surface area contributed by atoms with Crippen LogP contribution >= 0.6 is 38.9 Å². The molecule has 0 spiro atoms. The number of aryl methyl sites for hydroxylation is 1. The first kappa shape index (κ1) is 17.1. The number of aromatic nitrogens is 1. The van der Waals surface area contributed by atoms with E-state index in [9.17, 15) is 4.79 Å². The van der Waals surface area contributed by atoms with Crippen LogP contribution in [0.25, 0.3) is 11.3 Å². The second-order valence-electron chi connectivity index (χ2n) is 5.22. The van der Waals surface area contributed by atoms with Crippen molar-refractivity contribution in [2.45, 2.75) is 12.8 Å². The number of hydrogen-bond acceptors (Lipinski definition) is 3. The third-order valence-electron chi connectivity index (χ3n) is 3.42. The zero-order valence-electron chi connectivity index (χ0n) is 12.6. The van der Waals surface area contributed by atoms with E-state index in [1.807, 2.05) is 53.9 Å². The molecule has 3 rings (SSSR count). The summed E-state index contributed by atoms with van der Waals surface area (Å²) in [6, 6.07) is 15.5. The molecule has 0 radical (unpaired) electrons. The molecule has 2 aromatic carbocycles. The summed E-state index contributed by atoms with van der Waals surface area (Å²) in [4.78, 5) is 16.5. The van der Waals surface area contributed by atoms with Crippen LogP contribution in [-0.4, -0.2) is 10.9 Å². The van der Waals surface area contributed by atoms with Gasteiger partial charge >= 0.3 is 0 Å². The Bertz CT molecular complexity index is 848. The minimum absolute atomic E-state index is 0.0494. The van der Waals surface area contributed by atoms with E-state index in [1.165, 1.54) is 11.3 Å². The Balaban J connectivity index is 1.58. The largest absolute Gasteiger partial charge is 0.302 e. The van der Waals surface area contributed by atoms with Crippen molar-refractivity contribution in [2.75, 3.05) is 5.32 Å². The summed E-state index contributed by atoms with van der Waals surface area (Å²) >= 11 is 10.8. The second-order valence-corrected chi connectivity index (χ2v) is 7.43. The molecule has 122 valence electrons. The molecule has 24 heavy (non-hydrogen) atoms. The number of benzene rings is 2. The monoisotopic (exact) mass is 420 g/mol. The van der Waals surface area contributed by atoms with Crippen LogP contribution in [0.5, 0.6) is 0 Å². The number of halogens is 2. The number of amides is 1. The molecule has 0 atom stereocenters. The molecule has 0 unspecified atom stereocenters. The van der Waals surface area contributed by atoms with Crippen LogP contribution in [-0.2, 0) is 11.2 Å². The van der Waals surface area contributed by atoms with Gasteiger partial charge in [0.15, 0.2) is 5.13 Å². The zero-order chi connectivity index (χ0) is 16.9. The molecule has 1 aromatic heterocycles. The molecule has 0 aliphatic carbocycles. The fourth-order valence-electron chi connectivity index (χ4n) is 2.22. The molecule has 0 aliphatic rings. The standard InChI is InChI=1S/C18H14BrClN2OS/c19-14-7-5-13(6-8-14)16-11-24-18(21-16)22-17(23)9-4-12-2-1-3-15(20)10-12/h1-3,5-8,10-11H,4,9H2,(H,21,22,23). The number of hydrogen-bond donors (Lipinski definition) is 1. The average molecular weight is 422 g/mol. The molecule has 1 heterocycles. The summed E-state index contributed by atoms with van der Waals surface area (Å²) in [5.74, 6) is -0.0494. The molecule has 1 amide bonds. The molecule has 6 heteroatoms. The lowest BCUT2D eigenvalue weighted by Crippen LogP contribution is -2.12. The van der Waals surface area contributed by atoms with Gasteiger partial charge < -0.3 is 5.32 Å². The number of carbonyl (C=O) groups excluding carboxylic acids is 1. The number of thiazole rings is 1. The van der Waals surface area contributed by atoms with Crippen LogP contribution < -0.4 is 5.32 Å². The third kappa shape index (κ3) is 4.66. The lowest BCUT2D eigenvalue weighted by Gasteiger charge is -2.03. The highest BCUT2D eigenvalue weighted by Crippen LogP contribution is 2.26. The number of nitrogens with one attached hydrogen (secondary N) is 1. The Labute approximate surface area is 157 Å². The van der Waals surface area contributed by atoms with E-state index in [0.717, 1.165) is 21.3 Å². The Morgan fingerprint density at radius 1 is 1.21 bits per heavy atom. The van der Waals surface area contributed by atoms with E-state index >= 15 is 0 Å². The highest BCUT2D eigenvalue weighted by molar-refractivity contribution is 9.10. The topological polar surface area (TPSA) is 42.0 Å². The van der Waals surface area contributed by atoms with Crippen LogP contribution in [0.4, 0.5) is 5.13 Å². The molecule has 0 saturated heterocycles. The summed E-state index contributed by atoms with van der Waals surface area (Å²) in [7, 11) is 0. The van der Waals surface area contributed by atoms with Gasteiger partial charge in [0.1, 0.15) is 0 Å². The Morgan fingerprint density at radius 3 is 2.75 bits per heavy atom. The van der Waals surface area contributed by atoms with E-state index in [0.29, 0.717) is 23.0 Å². The third-order valence-corrected chi connectivity index (χ3v) is 4.94. The predicted octanol–water partition coefficient (Wildman–Crippen LogP) is 5.80. The van der Waals surface area contributed by atoms with Crippen molar-refractivity contribution in [1.29, 1.82) is 0 Å². The molecule has 0 saturated carbocycles. The number of anilines is 1.